The quantitative estimate of drug-likeness (QED) is 0.697. The Morgan fingerprint density at radius 2 is 1.85 bits per heavy atom. The summed E-state index contributed by atoms with van der Waals surface area (Å²) in [5.41, 5.74) is 2.82. The summed E-state index contributed by atoms with van der Waals surface area (Å²) in [6.07, 6.45) is 3.14. The summed E-state index contributed by atoms with van der Waals surface area (Å²) in [5, 5.41) is 7.64. The van der Waals surface area contributed by atoms with E-state index in [0.29, 0.717) is 17.4 Å². The number of hydrogen-bond acceptors (Lipinski definition) is 6. The van der Waals surface area contributed by atoms with Crippen LogP contribution in [0, 0.1) is 6.92 Å². The molecule has 0 aliphatic heterocycles. The zero-order valence-electron chi connectivity index (χ0n) is 14.1. The van der Waals surface area contributed by atoms with Gasteiger partial charge in [-0.15, -0.1) is 11.3 Å². The van der Waals surface area contributed by atoms with Crippen molar-refractivity contribution < 1.29 is 9.59 Å². The molecular weight excluding hydrogens is 350 g/mol. The second-order valence-corrected chi connectivity index (χ2v) is 6.47. The van der Waals surface area contributed by atoms with Crippen molar-refractivity contribution >= 4 is 28.3 Å². The maximum Gasteiger partial charge on any atom is 0.295 e. The molecule has 8 heteroatoms. The SMILES string of the molecule is Cc1ccc(CNC(=O)Cc2csc(NC(=O)c3ncccn3)n2)cc1. The van der Waals surface area contributed by atoms with E-state index in [1.165, 1.54) is 29.3 Å². The highest BCUT2D eigenvalue weighted by Gasteiger charge is 2.12. The third kappa shape index (κ3) is 4.93. The summed E-state index contributed by atoms with van der Waals surface area (Å²) in [6, 6.07) is 9.61. The highest BCUT2D eigenvalue weighted by Crippen LogP contribution is 2.16. The minimum atomic E-state index is -0.435. The standard InChI is InChI=1S/C18H17N5O2S/c1-12-3-5-13(6-4-12)10-21-15(24)9-14-11-26-18(22-14)23-17(25)16-19-7-2-8-20-16/h2-8,11H,9-10H2,1H3,(H,21,24)(H,22,23,25). The summed E-state index contributed by atoms with van der Waals surface area (Å²) >= 11 is 1.25. The summed E-state index contributed by atoms with van der Waals surface area (Å²) in [4.78, 5) is 36.0. The Bertz CT molecular complexity index is 893. The van der Waals surface area contributed by atoms with Gasteiger partial charge in [0.1, 0.15) is 0 Å². The molecule has 0 unspecified atom stereocenters. The Balaban J connectivity index is 1.50. The van der Waals surface area contributed by atoms with Gasteiger partial charge in [0.05, 0.1) is 12.1 Å². The average molecular weight is 367 g/mol. The largest absolute Gasteiger partial charge is 0.352 e. The first-order valence-electron chi connectivity index (χ1n) is 7.95. The molecule has 26 heavy (non-hydrogen) atoms. The van der Waals surface area contributed by atoms with Crippen LogP contribution in [0.2, 0.25) is 0 Å². The summed E-state index contributed by atoms with van der Waals surface area (Å²) in [6.45, 7) is 2.49. The van der Waals surface area contributed by atoms with Gasteiger partial charge < -0.3 is 5.32 Å². The lowest BCUT2D eigenvalue weighted by Crippen LogP contribution is -2.24. The van der Waals surface area contributed by atoms with Crippen LogP contribution in [-0.2, 0) is 17.8 Å². The predicted molar refractivity (Wildman–Crippen MR) is 98.8 cm³/mol. The van der Waals surface area contributed by atoms with E-state index in [2.05, 4.69) is 25.6 Å². The lowest BCUT2D eigenvalue weighted by Gasteiger charge is -2.04. The lowest BCUT2D eigenvalue weighted by molar-refractivity contribution is -0.120. The van der Waals surface area contributed by atoms with Crippen molar-refractivity contribution in [3.05, 3.63) is 70.8 Å². The first-order valence-corrected chi connectivity index (χ1v) is 8.83. The van der Waals surface area contributed by atoms with Gasteiger partial charge in [-0.3, -0.25) is 14.9 Å². The molecule has 0 saturated carbocycles. The van der Waals surface area contributed by atoms with Crippen LogP contribution >= 0.6 is 11.3 Å². The Kier molecular flexibility index (Phi) is 5.65. The first kappa shape index (κ1) is 17.7. The van der Waals surface area contributed by atoms with Gasteiger partial charge in [0.25, 0.3) is 5.91 Å². The van der Waals surface area contributed by atoms with E-state index in [4.69, 9.17) is 0 Å². The fraction of sp³-hybridized carbons (Fsp3) is 0.167. The van der Waals surface area contributed by atoms with Crippen LogP contribution in [0.1, 0.15) is 27.4 Å². The summed E-state index contributed by atoms with van der Waals surface area (Å²) in [5.74, 6) is -0.490. The molecule has 3 rings (SSSR count). The molecule has 0 bridgehead atoms. The number of thiazole rings is 1. The highest BCUT2D eigenvalue weighted by molar-refractivity contribution is 7.14. The minimum Gasteiger partial charge on any atom is -0.352 e. The van der Waals surface area contributed by atoms with Crippen molar-refractivity contribution in [3.8, 4) is 0 Å². The fourth-order valence-corrected chi connectivity index (χ4v) is 2.85. The molecule has 0 aliphatic carbocycles. The van der Waals surface area contributed by atoms with Gasteiger partial charge >= 0.3 is 0 Å². The monoisotopic (exact) mass is 367 g/mol. The number of hydrogen-bond donors (Lipinski definition) is 2. The molecule has 0 radical (unpaired) electrons. The van der Waals surface area contributed by atoms with Gasteiger partial charge in [0, 0.05) is 24.3 Å². The predicted octanol–water partition coefficient (Wildman–Crippen LogP) is 2.35. The number of carbonyl (C=O) groups excluding carboxylic acids is 2. The second-order valence-electron chi connectivity index (χ2n) is 5.61. The normalized spacial score (nSPS) is 10.3. The number of rotatable bonds is 6. The second kappa shape index (κ2) is 8.30. The number of carbonyl (C=O) groups is 2. The molecule has 2 aromatic heterocycles. The number of amides is 2. The first-order chi connectivity index (χ1) is 12.6. The van der Waals surface area contributed by atoms with Crippen molar-refractivity contribution in [1.29, 1.82) is 0 Å². The van der Waals surface area contributed by atoms with Crippen molar-refractivity contribution in [3.63, 3.8) is 0 Å². The third-order valence-corrected chi connectivity index (χ3v) is 4.30. The van der Waals surface area contributed by atoms with E-state index < -0.39 is 5.91 Å². The van der Waals surface area contributed by atoms with Gasteiger partial charge in [-0.1, -0.05) is 29.8 Å². The molecule has 0 spiro atoms. The van der Waals surface area contributed by atoms with E-state index >= 15 is 0 Å². The molecule has 0 aliphatic rings. The number of nitrogens with zero attached hydrogens (tertiary/aromatic N) is 3. The summed E-state index contributed by atoms with van der Waals surface area (Å²) in [7, 11) is 0. The van der Waals surface area contributed by atoms with Crippen LogP contribution in [0.15, 0.2) is 48.1 Å². The molecule has 2 heterocycles. The number of nitrogens with one attached hydrogen (secondary N) is 2. The fourth-order valence-electron chi connectivity index (χ4n) is 2.15. The Morgan fingerprint density at radius 3 is 2.58 bits per heavy atom. The van der Waals surface area contributed by atoms with Crippen molar-refractivity contribution in [2.75, 3.05) is 5.32 Å². The lowest BCUT2D eigenvalue weighted by atomic mass is 10.1. The van der Waals surface area contributed by atoms with E-state index in [9.17, 15) is 9.59 Å². The maximum absolute atomic E-state index is 12.1. The van der Waals surface area contributed by atoms with E-state index in [0.717, 1.165) is 5.56 Å². The van der Waals surface area contributed by atoms with Gasteiger partial charge in [-0.05, 0) is 18.6 Å². The molecule has 1 aromatic carbocycles. The third-order valence-electron chi connectivity index (χ3n) is 3.49. The summed E-state index contributed by atoms with van der Waals surface area (Å²) < 4.78 is 0. The van der Waals surface area contributed by atoms with Crippen LogP contribution in [0.4, 0.5) is 5.13 Å². The van der Waals surface area contributed by atoms with Crippen LogP contribution < -0.4 is 10.6 Å². The molecule has 2 N–H and O–H groups in total. The van der Waals surface area contributed by atoms with Crippen molar-refractivity contribution in [2.24, 2.45) is 0 Å². The molecule has 0 atom stereocenters. The number of anilines is 1. The van der Waals surface area contributed by atoms with Crippen molar-refractivity contribution in [2.45, 2.75) is 19.9 Å². The van der Waals surface area contributed by atoms with Crippen LogP contribution in [0.3, 0.4) is 0 Å². The van der Waals surface area contributed by atoms with Crippen molar-refractivity contribution in [1.82, 2.24) is 20.3 Å². The zero-order valence-corrected chi connectivity index (χ0v) is 14.9. The van der Waals surface area contributed by atoms with Gasteiger partial charge in [-0.2, -0.15) is 0 Å². The number of aryl methyl sites for hydroxylation is 1. The average Bonchev–Trinajstić information content (AvgIpc) is 3.08. The van der Waals surface area contributed by atoms with Gasteiger partial charge in [-0.25, -0.2) is 15.0 Å². The Hall–Kier alpha value is -3.13. The van der Waals surface area contributed by atoms with Crippen LogP contribution in [0.25, 0.3) is 0 Å². The van der Waals surface area contributed by atoms with Gasteiger partial charge in [0.15, 0.2) is 5.13 Å². The Labute approximate surface area is 154 Å². The van der Waals surface area contributed by atoms with Gasteiger partial charge in [0.2, 0.25) is 11.7 Å². The molecule has 2 amide bonds. The highest BCUT2D eigenvalue weighted by atomic mass is 32.1. The van der Waals surface area contributed by atoms with Crippen LogP contribution in [0.5, 0.6) is 0 Å². The number of aromatic nitrogens is 3. The van der Waals surface area contributed by atoms with E-state index in [-0.39, 0.29) is 18.2 Å². The maximum atomic E-state index is 12.1. The smallest absolute Gasteiger partial charge is 0.295 e. The Morgan fingerprint density at radius 1 is 1.12 bits per heavy atom. The molecule has 3 aromatic rings. The molecular formula is C18H17N5O2S. The molecule has 132 valence electrons. The van der Waals surface area contributed by atoms with E-state index in [1.807, 2.05) is 31.2 Å². The molecule has 0 saturated heterocycles. The zero-order chi connectivity index (χ0) is 18.4. The van der Waals surface area contributed by atoms with Crippen LogP contribution in [-0.4, -0.2) is 26.8 Å². The van der Waals surface area contributed by atoms with E-state index in [1.54, 1.807) is 11.4 Å². The molecule has 0 fully saturated rings. The minimum absolute atomic E-state index is 0.0695. The topological polar surface area (TPSA) is 96.9 Å². The number of benzene rings is 1. The molecule has 7 nitrogen and oxygen atoms in total.